The third-order valence-electron chi connectivity index (χ3n) is 6.18. The molecule has 0 fully saturated rings. The molecule has 1 amide bonds. The standard InChI is InChI=1S/C26H22FN5O/c1-15-10-16(2)28-25(11-15)32-21-7-5-18(27)12-17(21)13-23(32)26(33)29-19-6-8-22-20(14-19)30-24-4-3-9-31(22)24/h5-8,10-14H,3-4,9H2,1-2H3,(H,29,33). The molecule has 3 aromatic heterocycles. The Morgan fingerprint density at radius 3 is 2.70 bits per heavy atom. The van der Waals surface area contributed by atoms with Crippen LogP contribution in [0.3, 0.4) is 0 Å². The lowest BCUT2D eigenvalue weighted by Gasteiger charge is -2.12. The number of carbonyl (C=O) groups excluding carboxylic acids is 1. The minimum absolute atomic E-state index is 0.293. The highest BCUT2D eigenvalue weighted by atomic mass is 19.1. The first-order valence-electron chi connectivity index (χ1n) is 11.0. The van der Waals surface area contributed by atoms with Crippen molar-refractivity contribution in [1.29, 1.82) is 0 Å². The molecule has 0 aliphatic carbocycles. The van der Waals surface area contributed by atoms with Gasteiger partial charge in [0, 0.05) is 29.7 Å². The van der Waals surface area contributed by atoms with Gasteiger partial charge in [-0.2, -0.15) is 0 Å². The van der Waals surface area contributed by atoms with Gasteiger partial charge in [0.2, 0.25) is 0 Å². The molecule has 2 aromatic carbocycles. The maximum Gasteiger partial charge on any atom is 0.272 e. The van der Waals surface area contributed by atoms with Crippen LogP contribution in [-0.4, -0.2) is 25.0 Å². The number of benzene rings is 2. The van der Waals surface area contributed by atoms with Crippen molar-refractivity contribution in [2.24, 2.45) is 0 Å². The monoisotopic (exact) mass is 439 g/mol. The molecule has 0 unspecified atom stereocenters. The van der Waals surface area contributed by atoms with Gasteiger partial charge in [-0.1, -0.05) is 0 Å². The van der Waals surface area contributed by atoms with Crippen molar-refractivity contribution in [2.75, 3.05) is 5.32 Å². The second-order valence-electron chi connectivity index (χ2n) is 8.65. The number of aromatic nitrogens is 4. The van der Waals surface area contributed by atoms with Crippen LogP contribution in [0.5, 0.6) is 0 Å². The summed E-state index contributed by atoms with van der Waals surface area (Å²) < 4.78 is 18.0. The van der Waals surface area contributed by atoms with Gasteiger partial charge in [0.1, 0.15) is 23.2 Å². The van der Waals surface area contributed by atoms with Crippen LogP contribution < -0.4 is 5.32 Å². The minimum Gasteiger partial charge on any atom is -0.328 e. The van der Waals surface area contributed by atoms with E-state index in [1.54, 1.807) is 16.7 Å². The molecule has 1 N–H and O–H groups in total. The Balaban J connectivity index is 1.44. The lowest BCUT2D eigenvalue weighted by molar-refractivity contribution is 0.102. The lowest BCUT2D eigenvalue weighted by Crippen LogP contribution is -2.17. The van der Waals surface area contributed by atoms with E-state index in [0.29, 0.717) is 22.6 Å². The highest BCUT2D eigenvalue weighted by molar-refractivity contribution is 6.07. The molecule has 7 heteroatoms. The molecule has 4 heterocycles. The van der Waals surface area contributed by atoms with Gasteiger partial charge in [-0.05, 0) is 80.4 Å². The van der Waals surface area contributed by atoms with Crippen molar-refractivity contribution in [2.45, 2.75) is 33.2 Å². The number of pyridine rings is 1. The molecule has 1 aliphatic rings. The third kappa shape index (κ3) is 3.28. The zero-order valence-corrected chi connectivity index (χ0v) is 18.4. The molecule has 0 bridgehead atoms. The van der Waals surface area contributed by atoms with E-state index in [4.69, 9.17) is 4.98 Å². The first kappa shape index (κ1) is 19.7. The molecule has 1 aliphatic heterocycles. The number of anilines is 1. The summed E-state index contributed by atoms with van der Waals surface area (Å²) in [6, 6.07) is 15.9. The van der Waals surface area contributed by atoms with Gasteiger partial charge in [0.15, 0.2) is 0 Å². The van der Waals surface area contributed by atoms with Gasteiger partial charge in [0.05, 0.1) is 16.6 Å². The van der Waals surface area contributed by atoms with Gasteiger partial charge in [-0.15, -0.1) is 0 Å². The zero-order valence-electron chi connectivity index (χ0n) is 18.4. The van der Waals surface area contributed by atoms with E-state index in [-0.39, 0.29) is 11.7 Å². The summed E-state index contributed by atoms with van der Waals surface area (Å²) in [7, 11) is 0. The van der Waals surface area contributed by atoms with Gasteiger partial charge in [-0.25, -0.2) is 14.4 Å². The topological polar surface area (TPSA) is 64.7 Å². The number of amides is 1. The Morgan fingerprint density at radius 1 is 1.00 bits per heavy atom. The van der Waals surface area contributed by atoms with Crippen molar-refractivity contribution in [3.63, 3.8) is 0 Å². The smallest absolute Gasteiger partial charge is 0.272 e. The van der Waals surface area contributed by atoms with Crippen LogP contribution in [0.15, 0.2) is 54.6 Å². The van der Waals surface area contributed by atoms with Crippen molar-refractivity contribution < 1.29 is 9.18 Å². The molecule has 5 aromatic rings. The van der Waals surface area contributed by atoms with Gasteiger partial charge in [0.25, 0.3) is 5.91 Å². The van der Waals surface area contributed by atoms with Crippen LogP contribution in [0.25, 0.3) is 27.8 Å². The van der Waals surface area contributed by atoms with E-state index >= 15 is 0 Å². The van der Waals surface area contributed by atoms with Crippen molar-refractivity contribution in [3.05, 3.63) is 83.2 Å². The highest BCUT2D eigenvalue weighted by Gasteiger charge is 2.20. The fourth-order valence-corrected chi connectivity index (χ4v) is 4.82. The molecule has 164 valence electrons. The molecule has 0 atom stereocenters. The second-order valence-corrected chi connectivity index (χ2v) is 8.65. The average Bonchev–Trinajstić information content (AvgIpc) is 3.45. The van der Waals surface area contributed by atoms with Crippen molar-refractivity contribution >= 4 is 33.5 Å². The molecule has 6 nitrogen and oxygen atoms in total. The van der Waals surface area contributed by atoms with Crippen LogP contribution >= 0.6 is 0 Å². The summed E-state index contributed by atoms with van der Waals surface area (Å²) in [6.07, 6.45) is 2.10. The number of imidazole rings is 1. The number of aryl methyl sites for hydroxylation is 4. The number of carbonyl (C=O) groups is 1. The summed E-state index contributed by atoms with van der Waals surface area (Å²) in [5.74, 6) is 1.08. The Morgan fingerprint density at radius 2 is 1.85 bits per heavy atom. The number of hydrogen-bond acceptors (Lipinski definition) is 3. The Kier molecular flexibility index (Phi) is 4.33. The van der Waals surface area contributed by atoms with E-state index in [0.717, 1.165) is 53.0 Å². The molecule has 0 saturated heterocycles. The largest absolute Gasteiger partial charge is 0.328 e. The molecular formula is C26H22FN5O. The molecular weight excluding hydrogens is 417 g/mol. The van der Waals surface area contributed by atoms with Crippen LogP contribution in [-0.2, 0) is 13.0 Å². The van der Waals surface area contributed by atoms with Crippen LogP contribution in [0, 0.1) is 19.7 Å². The normalized spacial score (nSPS) is 13.1. The Hall–Kier alpha value is -4.00. The van der Waals surface area contributed by atoms with E-state index < -0.39 is 0 Å². The molecule has 0 spiro atoms. The summed E-state index contributed by atoms with van der Waals surface area (Å²) in [6.45, 7) is 4.89. The maximum absolute atomic E-state index is 13.9. The number of nitrogens with one attached hydrogen (secondary N) is 1. The SMILES string of the molecule is Cc1cc(C)nc(-n2c(C(=O)Nc3ccc4c(c3)nc3n4CCC3)cc3cc(F)ccc32)c1. The first-order valence-corrected chi connectivity index (χ1v) is 11.0. The van der Waals surface area contributed by atoms with E-state index in [9.17, 15) is 9.18 Å². The van der Waals surface area contributed by atoms with Crippen molar-refractivity contribution in [3.8, 4) is 5.82 Å². The zero-order chi connectivity index (χ0) is 22.7. The predicted octanol–water partition coefficient (Wildman–Crippen LogP) is 5.33. The quantitative estimate of drug-likeness (QED) is 0.413. The number of halogens is 1. The summed E-state index contributed by atoms with van der Waals surface area (Å²) in [5, 5.41) is 3.64. The number of hydrogen-bond donors (Lipinski definition) is 1. The number of rotatable bonds is 3. The maximum atomic E-state index is 13.9. The first-order chi connectivity index (χ1) is 16.0. The average molecular weight is 439 g/mol. The summed E-state index contributed by atoms with van der Waals surface area (Å²) in [4.78, 5) is 22.8. The summed E-state index contributed by atoms with van der Waals surface area (Å²) in [5.41, 5.74) is 5.62. The number of fused-ring (bicyclic) bond motifs is 4. The van der Waals surface area contributed by atoms with E-state index in [2.05, 4.69) is 14.9 Å². The lowest BCUT2D eigenvalue weighted by atomic mass is 10.2. The predicted molar refractivity (Wildman–Crippen MR) is 127 cm³/mol. The fourth-order valence-electron chi connectivity index (χ4n) is 4.82. The highest BCUT2D eigenvalue weighted by Crippen LogP contribution is 2.28. The second kappa shape index (κ2) is 7.27. The summed E-state index contributed by atoms with van der Waals surface area (Å²) >= 11 is 0. The van der Waals surface area contributed by atoms with Gasteiger partial charge >= 0.3 is 0 Å². The Labute approximate surface area is 189 Å². The van der Waals surface area contributed by atoms with Crippen LogP contribution in [0.4, 0.5) is 10.1 Å². The van der Waals surface area contributed by atoms with E-state index in [1.165, 1.54) is 12.1 Å². The molecule has 6 rings (SSSR count). The van der Waals surface area contributed by atoms with Crippen LogP contribution in [0.2, 0.25) is 0 Å². The van der Waals surface area contributed by atoms with Crippen molar-refractivity contribution in [1.82, 2.24) is 19.1 Å². The number of nitrogens with zero attached hydrogens (tertiary/aromatic N) is 4. The Bertz CT molecular complexity index is 1560. The fraction of sp³-hybridized carbons (Fsp3) is 0.192. The minimum atomic E-state index is -0.349. The molecule has 0 radical (unpaired) electrons. The molecule has 0 saturated carbocycles. The van der Waals surface area contributed by atoms with Gasteiger partial charge < -0.3 is 9.88 Å². The van der Waals surface area contributed by atoms with E-state index in [1.807, 2.05) is 44.2 Å². The van der Waals surface area contributed by atoms with Crippen LogP contribution in [0.1, 0.15) is 34.0 Å². The third-order valence-corrected chi connectivity index (χ3v) is 6.18. The van der Waals surface area contributed by atoms with Gasteiger partial charge in [-0.3, -0.25) is 9.36 Å². The molecule has 33 heavy (non-hydrogen) atoms.